The summed E-state index contributed by atoms with van der Waals surface area (Å²) in [5.74, 6) is -1.33. The van der Waals surface area contributed by atoms with Gasteiger partial charge in [0, 0.05) is 12.6 Å². The third kappa shape index (κ3) is 6.18. The summed E-state index contributed by atoms with van der Waals surface area (Å²) < 4.78 is 30.8. The van der Waals surface area contributed by atoms with Crippen molar-refractivity contribution in [2.75, 3.05) is 13.2 Å². The molecule has 1 N–H and O–H groups in total. The minimum atomic E-state index is -0.812. The summed E-state index contributed by atoms with van der Waals surface area (Å²) in [5, 5.41) is 2.68. The summed E-state index contributed by atoms with van der Waals surface area (Å²) in [6.07, 6.45) is 1.93. The van der Waals surface area contributed by atoms with Gasteiger partial charge >= 0.3 is 0 Å². The summed E-state index contributed by atoms with van der Waals surface area (Å²) in [6, 6.07) is 2.96. The molecule has 0 heterocycles. The Bertz CT molecular complexity index is 422. The summed E-state index contributed by atoms with van der Waals surface area (Å²) in [7, 11) is 0. The molecule has 0 spiro atoms. The second kappa shape index (κ2) is 7.71. The van der Waals surface area contributed by atoms with Gasteiger partial charge in [-0.2, -0.15) is 0 Å². The van der Waals surface area contributed by atoms with E-state index in [9.17, 15) is 13.6 Å². The number of carbonyl (C=O) groups is 1. The number of carbonyl (C=O) groups excluding carboxylic acids is 1. The standard InChI is InChI=1S/C14H19F2NO2/c1-10(2)4-3-7-17-14(18)9-19-13-6-5-11(15)8-12(13)16/h5-6,8,10H,3-4,7,9H2,1-2H3,(H,17,18). The van der Waals surface area contributed by atoms with E-state index in [1.165, 1.54) is 0 Å². The molecule has 0 aromatic heterocycles. The molecule has 0 saturated carbocycles. The summed E-state index contributed by atoms with van der Waals surface area (Å²) in [6.45, 7) is 4.53. The molecule has 3 nitrogen and oxygen atoms in total. The predicted octanol–water partition coefficient (Wildman–Crippen LogP) is 2.90. The van der Waals surface area contributed by atoms with Crippen molar-refractivity contribution in [3.63, 3.8) is 0 Å². The largest absolute Gasteiger partial charge is 0.481 e. The molecule has 1 amide bonds. The highest BCUT2D eigenvalue weighted by Gasteiger charge is 2.07. The Kier molecular flexibility index (Phi) is 6.25. The van der Waals surface area contributed by atoms with Crippen molar-refractivity contribution in [2.45, 2.75) is 26.7 Å². The third-order valence-corrected chi connectivity index (χ3v) is 2.53. The second-order valence-electron chi connectivity index (χ2n) is 4.75. The van der Waals surface area contributed by atoms with Gasteiger partial charge in [0.05, 0.1) is 0 Å². The molecule has 0 saturated heterocycles. The highest BCUT2D eigenvalue weighted by molar-refractivity contribution is 5.77. The molecule has 0 unspecified atom stereocenters. The van der Waals surface area contributed by atoms with E-state index in [4.69, 9.17) is 4.74 Å². The molecular formula is C14H19F2NO2. The summed E-state index contributed by atoms with van der Waals surface area (Å²) in [5.41, 5.74) is 0. The van der Waals surface area contributed by atoms with E-state index in [0.29, 0.717) is 12.5 Å². The fourth-order valence-corrected chi connectivity index (χ4v) is 1.52. The summed E-state index contributed by atoms with van der Waals surface area (Å²) in [4.78, 5) is 11.4. The van der Waals surface area contributed by atoms with Gasteiger partial charge < -0.3 is 10.1 Å². The molecule has 0 aliphatic heterocycles. The first-order valence-electron chi connectivity index (χ1n) is 6.33. The number of halogens is 2. The van der Waals surface area contributed by atoms with Crippen LogP contribution in [0, 0.1) is 17.6 Å². The second-order valence-corrected chi connectivity index (χ2v) is 4.75. The Labute approximate surface area is 112 Å². The van der Waals surface area contributed by atoms with Crippen LogP contribution in [0.4, 0.5) is 8.78 Å². The average Bonchev–Trinajstić information content (AvgIpc) is 2.33. The van der Waals surface area contributed by atoms with Gasteiger partial charge in [-0.3, -0.25) is 4.79 Å². The quantitative estimate of drug-likeness (QED) is 0.774. The molecule has 1 aromatic rings. The topological polar surface area (TPSA) is 38.3 Å². The van der Waals surface area contributed by atoms with Crippen LogP contribution in [0.1, 0.15) is 26.7 Å². The van der Waals surface area contributed by atoms with Crippen molar-refractivity contribution in [2.24, 2.45) is 5.92 Å². The van der Waals surface area contributed by atoms with E-state index < -0.39 is 11.6 Å². The lowest BCUT2D eigenvalue weighted by molar-refractivity contribution is -0.123. The Morgan fingerprint density at radius 1 is 1.37 bits per heavy atom. The summed E-state index contributed by atoms with van der Waals surface area (Å²) >= 11 is 0. The number of amides is 1. The molecule has 0 atom stereocenters. The highest BCUT2D eigenvalue weighted by atomic mass is 19.1. The van der Waals surface area contributed by atoms with Crippen LogP contribution in [0.2, 0.25) is 0 Å². The fourth-order valence-electron chi connectivity index (χ4n) is 1.52. The Hall–Kier alpha value is -1.65. The van der Waals surface area contributed by atoms with Gasteiger partial charge in [-0.05, 0) is 30.9 Å². The first kappa shape index (κ1) is 15.4. The molecule has 0 aliphatic rings. The van der Waals surface area contributed by atoms with E-state index in [2.05, 4.69) is 19.2 Å². The maximum absolute atomic E-state index is 13.2. The van der Waals surface area contributed by atoms with Crippen LogP contribution < -0.4 is 10.1 Å². The molecule has 1 rings (SSSR count). The van der Waals surface area contributed by atoms with Gasteiger partial charge in [-0.25, -0.2) is 8.78 Å². The number of benzene rings is 1. The average molecular weight is 271 g/mol. The lowest BCUT2D eigenvalue weighted by Crippen LogP contribution is -2.30. The van der Waals surface area contributed by atoms with Crippen LogP contribution in [0.5, 0.6) is 5.75 Å². The van der Waals surface area contributed by atoms with Gasteiger partial charge in [-0.1, -0.05) is 13.8 Å². The van der Waals surface area contributed by atoms with Crippen molar-refractivity contribution < 1.29 is 18.3 Å². The van der Waals surface area contributed by atoms with Gasteiger partial charge in [0.15, 0.2) is 18.2 Å². The van der Waals surface area contributed by atoms with Crippen molar-refractivity contribution in [1.29, 1.82) is 0 Å². The van der Waals surface area contributed by atoms with E-state index in [1.54, 1.807) is 0 Å². The maximum atomic E-state index is 13.2. The third-order valence-electron chi connectivity index (χ3n) is 2.53. The number of ether oxygens (including phenoxy) is 1. The Morgan fingerprint density at radius 2 is 2.11 bits per heavy atom. The van der Waals surface area contributed by atoms with E-state index in [-0.39, 0.29) is 18.3 Å². The number of hydrogen-bond acceptors (Lipinski definition) is 2. The van der Waals surface area contributed by atoms with Crippen LogP contribution in [0.15, 0.2) is 18.2 Å². The maximum Gasteiger partial charge on any atom is 0.257 e. The minimum absolute atomic E-state index is 0.126. The normalized spacial score (nSPS) is 10.6. The zero-order valence-corrected chi connectivity index (χ0v) is 11.2. The molecule has 19 heavy (non-hydrogen) atoms. The zero-order valence-electron chi connectivity index (χ0n) is 11.2. The SMILES string of the molecule is CC(C)CCCNC(=O)COc1ccc(F)cc1F. The van der Waals surface area contributed by atoms with Crippen molar-refractivity contribution in [1.82, 2.24) is 5.32 Å². The van der Waals surface area contributed by atoms with Gasteiger partial charge in [-0.15, -0.1) is 0 Å². The first-order chi connectivity index (χ1) is 8.99. The molecule has 106 valence electrons. The molecule has 5 heteroatoms. The zero-order chi connectivity index (χ0) is 14.3. The van der Waals surface area contributed by atoms with E-state index in [0.717, 1.165) is 31.0 Å². The lowest BCUT2D eigenvalue weighted by atomic mass is 10.1. The fraction of sp³-hybridized carbons (Fsp3) is 0.500. The molecule has 1 aromatic carbocycles. The van der Waals surface area contributed by atoms with E-state index in [1.807, 2.05) is 0 Å². The number of rotatable bonds is 7. The minimum Gasteiger partial charge on any atom is -0.481 e. The van der Waals surface area contributed by atoms with Crippen molar-refractivity contribution in [3.8, 4) is 5.75 Å². The van der Waals surface area contributed by atoms with Crippen molar-refractivity contribution in [3.05, 3.63) is 29.8 Å². The molecule has 0 aliphatic carbocycles. The molecule has 0 radical (unpaired) electrons. The smallest absolute Gasteiger partial charge is 0.257 e. The molecule has 0 fully saturated rings. The number of nitrogens with one attached hydrogen (secondary N) is 1. The van der Waals surface area contributed by atoms with Gasteiger partial charge in [0.2, 0.25) is 0 Å². The molecular weight excluding hydrogens is 252 g/mol. The predicted molar refractivity (Wildman–Crippen MR) is 68.9 cm³/mol. The van der Waals surface area contributed by atoms with Crippen molar-refractivity contribution >= 4 is 5.91 Å². The number of hydrogen-bond donors (Lipinski definition) is 1. The Morgan fingerprint density at radius 3 is 2.74 bits per heavy atom. The van der Waals surface area contributed by atoms with Crippen LogP contribution in [-0.4, -0.2) is 19.1 Å². The van der Waals surface area contributed by atoms with Crippen LogP contribution in [0.25, 0.3) is 0 Å². The Balaban J connectivity index is 2.26. The highest BCUT2D eigenvalue weighted by Crippen LogP contribution is 2.17. The molecule has 0 bridgehead atoms. The van der Waals surface area contributed by atoms with Gasteiger partial charge in [0.1, 0.15) is 5.82 Å². The first-order valence-corrected chi connectivity index (χ1v) is 6.33. The monoisotopic (exact) mass is 271 g/mol. The van der Waals surface area contributed by atoms with Crippen LogP contribution in [-0.2, 0) is 4.79 Å². The van der Waals surface area contributed by atoms with Crippen LogP contribution >= 0.6 is 0 Å². The van der Waals surface area contributed by atoms with Gasteiger partial charge in [0.25, 0.3) is 5.91 Å². The van der Waals surface area contributed by atoms with E-state index >= 15 is 0 Å². The lowest BCUT2D eigenvalue weighted by Gasteiger charge is -2.09. The van der Waals surface area contributed by atoms with Crippen LogP contribution in [0.3, 0.4) is 0 Å².